The monoisotopic (exact) mass is 152 g/mol. The zero-order valence-electron chi connectivity index (χ0n) is 5.14. The third-order valence-electron chi connectivity index (χ3n) is 1.47. The molecule has 1 heterocycles. The van der Waals surface area contributed by atoms with Crippen LogP contribution in [-0.2, 0) is 4.74 Å². The lowest BCUT2D eigenvalue weighted by Crippen LogP contribution is -2.29. The number of hydrogen-bond donors (Lipinski definition) is 3. The van der Waals surface area contributed by atoms with Gasteiger partial charge >= 0.3 is 0 Å². The number of ether oxygens (including phenoxy) is 1. The maximum absolute atomic E-state index is 12.5. The van der Waals surface area contributed by atoms with Gasteiger partial charge in [-0.15, -0.1) is 0 Å². The molecule has 0 unspecified atom stereocenters. The lowest BCUT2D eigenvalue weighted by Gasteiger charge is -2.06. The topological polar surface area (TPSA) is 69.9 Å². The fourth-order valence-electron chi connectivity index (χ4n) is 0.856. The van der Waals surface area contributed by atoms with Gasteiger partial charge in [-0.2, -0.15) is 0 Å². The van der Waals surface area contributed by atoms with Gasteiger partial charge in [-0.05, 0) is 0 Å². The molecule has 10 heavy (non-hydrogen) atoms. The van der Waals surface area contributed by atoms with E-state index in [-0.39, 0.29) is 0 Å². The van der Waals surface area contributed by atoms with E-state index in [0.717, 1.165) is 0 Å². The highest BCUT2D eigenvalue weighted by atomic mass is 19.1. The molecule has 0 aliphatic carbocycles. The van der Waals surface area contributed by atoms with Gasteiger partial charge in [0, 0.05) is 0 Å². The van der Waals surface area contributed by atoms with Crippen LogP contribution in [0.5, 0.6) is 0 Å². The lowest BCUT2D eigenvalue weighted by atomic mass is 10.2. The van der Waals surface area contributed by atoms with Crippen LogP contribution in [0.2, 0.25) is 0 Å². The summed E-state index contributed by atoms with van der Waals surface area (Å²) in [6.45, 7) is -0.532. The zero-order valence-corrected chi connectivity index (χ0v) is 5.14. The van der Waals surface area contributed by atoms with Crippen LogP contribution in [0.3, 0.4) is 0 Å². The van der Waals surface area contributed by atoms with E-state index in [1.165, 1.54) is 0 Å². The minimum Gasteiger partial charge on any atom is -0.394 e. The molecule has 4 atom stereocenters. The average Bonchev–Trinajstić information content (AvgIpc) is 2.17. The number of aliphatic hydroxyl groups excluding tert-OH is 3. The second-order valence-electron chi connectivity index (χ2n) is 2.18. The van der Waals surface area contributed by atoms with Crippen molar-refractivity contribution in [2.45, 2.75) is 24.7 Å². The van der Waals surface area contributed by atoms with Crippen LogP contribution in [0.4, 0.5) is 4.39 Å². The fourth-order valence-corrected chi connectivity index (χ4v) is 0.856. The summed E-state index contributed by atoms with van der Waals surface area (Å²) < 4.78 is 17.0. The Morgan fingerprint density at radius 3 is 2.20 bits per heavy atom. The summed E-state index contributed by atoms with van der Waals surface area (Å²) in [5.41, 5.74) is 0. The van der Waals surface area contributed by atoms with Crippen molar-refractivity contribution < 1.29 is 24.4 Å². The van der Waals surface area contributed by atoms with Crippen LogP contribution in [0.15, 0.2) is 0 Å². The van der Waals surface area contributed by atoms with Crippen LogP contribution in [-0.4, -0.2) is 46.6 Å². The third kappa shape index (κ3) is 1.13. The van der Waals surface area contributed by atoms with Crippen molar-refractivity contribution in [3.8, 4) is 0 Å². The first kappa shape index (κ1) is 7.87. The van der Waals surface area contributed by atoms with Crippen molar-refractivity contribution in [1.82, 2.24) is 0 Å². The Morgan fingerprint density at radius 1 is 1.40 bits per heavy atom. The Kier molecular flexibility index (Phi) is 2.20. The van der Waals surface area contributed by atoms with E-state index in [1.807, 2.05) is 0 Å². The summed E-state index contributed by atoms with van der Waals surface area (Å²) in [5, 5.41) is 25.7. The summed E-state index contributed by atoms with van der Waals surface area (Å²) in [6.07, 6.45) is -5.82. The van der Waals surface area contributed by atoms with Crippen molar-refractivity contribution in [1.29, 1.82) is 0 Å². The van der Waals surface area contributed by atoms with Gasteiger partial charge in [0.15, 0.2) is 12.5 Å². The van der Waals surface area contributed by atoms with Crippen LogP contribution in [0.25, 0.3) is 0 Å². The molecule has 0 bridgehead atoms. The molecular weight excluding hydrogens is 143 g/mol. The highest BCUT2D eigenvalue weighted by molar-refractivity contribution is 4.85. The van der Waals surface area contributed by atoms with Gasteiger partial charge in [0.2, 0.25) is 0 Å². The predicted molar refractivity (Wildman–Crippen MR) is 28.9 cm³/mol. The molecule has 0 spiro atoms. The minimum atomic E-state index is -1.69. The zero-order chi connectivity index (χ0) is 7.72. The Bertz CT molecular complexity index is 120. The lowest BCUT2D eigenvalue weighted by molar-refractivity contribution is -0.132. The SMILES string of the molecule is OC[C@H]1O[C@@H](O)[C@H](O)[C@H]1F. The quantitative estimate of drug-likeness (QED) is 0.423. The number of alkyl halides is 1. The first-order valence-corrected chi connectivity index (χ1v) is 2.93. The molecular formula is C5H9FO4. The minimum absolute atomic E-state index is 0.532. The molecule has 3 N–H and O–H groups in total. The van der Waals surface area contributed by atoms with E-state index in [4.69, 9.17) is 15.3 Å². The molecule has 0 amide bonds. The molecule has 1 rings (SSSR count). The summed E-state index contributed by atoms with van der Waals surface area (Å²) in [6, 6.07) is 0. The number of rotatable bonds is 1. The van der Waals surface area contributed by atoms with Crippen LogP contribution in [0, 0.1) is 0 Å². The van der Waals surface area contributed by atoms with E-state index in [1.54, 1.807) is 0 Å². The molecule has 5 heteroatoms. The second kappa shape index (κ2) is 2.79. The van der Waals surface area contributed by atoms with Crippen molar-refractivity contribution in [2.24, 2.45) is 0 Å². The molecule has 1 saturated heterocycles. The maximum Gasteiger partial charge on any atom is 0.184 e. The van der Waals surface area contributed by atoms with E-state index in [9.17, 15) is 4.39 Å². The summed E-state index contributed by atoms with van der Waals surface area (Å²) in [7, 11) is 0. The fraction of sp³-hybridized carbons (Fsp3) is 1.00. The van der Waals surface area contributed by atoms with Crippen molar-refractivity contribution >= 4 is 0 Å². The van der Waals surface area contributed by atoms with E-state index < -0.39 is 31.3 Å². The van der Waals surface area contributed by atoms with Gasteiger partial charge < -0.3 is 20.1 Å². The van der Waals surface area contributed by atoms with Crippen molar-refractivity contribution in [2.75, 3.05) is 6.61 Å². The molecule has 1 fully saturated rings. The Hall–Kier alpha value is -0.230. The number of halogens is 1. The summed E-state index contributed by atoms with van der Waals surface area (Å²) in [4.78, 5) is 0. The predicted octanol–water partition coefficient (Wildman–Crippen LogP) is -1.61. The molecule has 0 aromatic heterocycles. The van der Waals surface area contributed by atoms with Crippen molar-refractivity contribution in [3.05, 3.63) is 0 Å². The van der Waals surface area contributed by atoms with Gasteiger partial charge in [0.25, 0.3) is 0 Å². The van der Waals surface area contributed by atoms with E-state index in [2.05, 4.69) is 4.74 Å². The molecule has 4 nitrogen and oxygen atoms in total. The standard InChI is InChI=1S/C5H9FO4/c6-3-2(1-7)10-5(9)4(3)8/h2-5,7-9H,1H2/t2-,3+,4-,5-/m1/s1. The van der Waals surface area contributed by atoms with E-state index in [0.29, 0.717) is 0 Å². The Labute approximate surface area is 56.9 Å². The van der Waals surface area contributed by atoms with Gasteiger partial charge in [-0.25, -0.2) is 4.39 Å². The van der Waals surface area contributed by atoms with Gasteiger partial charge in [-0.1, -0.05) is 0 Å². The third-order valence-corrected chi connectivity index (χ3v) is 1.47. The van der Waals surface area contributed by atoms with Crippen molar-refractivity contribution in [3.63, 3.8) is 0 Å². The molecule has 1 aliphatic rings. The second-order valence-corrected chi connectivity index (χ2v) is 2.18. The van der Waals surface area contributed by atoms with Gasteiger partial charge in [-0.3, -0.25) is 0 Å². The maximum atomic E-state index is 12.5. The molecule has 0 radical (unpaired) electrons. The normalized spacial score (nSPS) is 48.0. The molecule has 1 aliphatic heterocycles. The highest BCUT2D eigenvalue weighted by Crippen LogP contribution is 2.21. The first-order chi connectivity index (χ1) is 4.66. The van der Waals surface area contributed by atoms with Crippen LogP contribution < -0.4 is 0 Å². The summed E-state index contributed by atoms with van der Waals surface area (Å²) >= 11 is 0. The summed E-state index contributed by atoms with van der Waals surface area (Å²) in [5.74, 6) is 0. The number of aliphatic hydroxyl groups is 3. The molecule has 0 saturated carbocycles. The molecule has 0 aromatic rings. The number of hydrogen-bond acceptors (Lipinski definition) is 4. The Morgan fingerprint density at radius 2 is 2.00 bits per heavy atom. The largest absolute Gasteiger partial charge is 0.394 e. The highest BCUT2D eigenvalue weighted by Gasteiger charge is 2.42. The van der Waals surface area contributed by atoms with Gasteiger partial charge in [0.1, 0.15) is 12.2 Å². The van der Waals surface area contributed by atoms with Crippen LogP contribution in [0.1, 0.15) is 0 Å². The molecule has 0 aromatic carbocycles. The van der Waals surface area contributed by atoms with Gasteiger partial charge in [0.05, 0.1) is 6.61 Å². The molecule has 60 valence electrons. The first-order valence-electron chi connectivity index (χ1n) is 2.93. The Balaban J connectivity index is 2.53. The average molecular weight is 152 g/mol. The van der Waals surface area contributed by atoms with E-state index >= 15 is 0 Å². The smallest absolute Gasteiger partial charge is 0.184 e. The van der Waals surface area contributed by atoms with Crippen LogP contribution >= 0.6 is 0 Å².